The predicted molar refractivity (Wildman–Crippen MR) is 100 cm³/mol. The minimum atomic E-state index is -0.548. The zero-order chi connectivity index (χ0) is 18.3. The molecule has 0 aliphatic heterocycles. The zero-order valence-electron chi connectivity index (χ0n) is 14.9. The third-order valence-corrected chi connectivity index (χ3v) is 3.38. The summed E-state index contributed by atoms with van der Waals surface area (Å²) in [6.45, 7) is 6.05. The SMILES string of the molecule is CC(C)(C)OC(=O)N(CC/C=C/c1ccc(F)cc1)c1ccccc1. The van der Waals surface area contributed by atoms with Gasteiger partial charge in [0.15, 0.2) is 0 Å². The van der Waals surface area contributed by atoms with E-state index in [1.54, 1.807) is 17.0 Å². The minimum Gasteiger partial charge on any atom is -0.443 e. The molecule has 0 fully saturated rings. The highest BCUT2D eigenvalue weighted by atomic mass is 19.1. The van der Waals surface area contributed by atoms with E-state index >= 15 is 0 Å². The summed E-state index contributed by atoms with van der Waals surface area (Å²) in [4.78, 5) is 14.1. The second-order valence-electron chi connectivity index (χ2n) is 6.71. The summed E-state index contributed by atoms with van der Waals surface area (Å²) in [6.07, 6.45) is 4.17. The molecule has 0 atom stereocenters. The molecule has 2 rings (SSSR count). The zero-order valence-corrected chi connectivity index (χ0v) is 14.9. The Morgan fingerprint density at radius 3 is 2.32 bits per heavy atom. The summed E-state index contributed by atoms with van der Waals surface area (Å²) in [5.74, 6) is -0.252. The van der Waals surface area contributed by atoms with E-state index in [1.807, 2.05) is 63.3 Å². The van der Waals surface area contributed by atoms with Crippen molar-refractivity contribution in [3.63, 3.8) is 0 Å². The van der Waals surface area contributed by atoms with Gasteiger partial charge in [-0.2, -0.15) is 0 Å². The molecule has 0 heterocycles. The van der Waals surface area contributed by atoms with Crippen molar-refractivity contribution in [2.75, 3.05) is 11.4 Å². The highest BCUT2D eigenvalue weighted by Crippen LogP contribution is 2.18. The Hall–Kier alpha value is -2.62. The first-order valence-corrected chi connectivity index (χ1v) is 8.33. The fourth-order valence-corrected chi connectivity index (χ4v) is 2.25. The van der Waals surface area contributed by atoms with E-state index in [9.17, 15) is 9.18 Å². The van der Waals surface area contributed by atoms with Crippen LogP contribution < -0.4 is 4.90 Å². The second-order valence-corrected chi connectivity index (χ2v) is 6.71. The normalized spacial score (nSPS) is 11.5. The molecule has 1 amide bonds. The molecule has 0 N–H and O–H groups in total. The maximum absolute atomic E-state index is 12.9. The molecule has 0 radical (unpaired) electrons. The number of amides is 1. The van der Waals surface area contributed by atoms with Crippen molar-refractivity contribution in [3.8, 4) is 0 Å². The van der Waals surface area contributed by atoms with Crippen LogP contribution in [0.2, 0.25) is 0 Å². The van der Waals surface area contributed by atoms with Gasteiger partial charge in [0, 0.05) is 12.2 Å². The number of hydrogen-bond donors (Lipinski definition) is 0. The van der Waals surface area contributed by atoms with E-state index in [4.69, 9.17) is 4.74 Å². The number of carbonyl (C=O) groups is 1. The first-order valence-electron chi connectivity index (χ1n) is 8.33. The third kappa shape index (κ3) is 6.42. The highest BCUT2D eigenvalue weighted by molar-refractivity contribution is 5.87. The Labute approximate surface area is 148 Å². The largest absolute Gasteiger partial charge is 0.443 e. The van der Waals surface area contributed by atoms with Crippen molar-refractivity contribution in [1.82, 2.24) is 0 Å². The minimum absolute atomic E-state index is 0.252. The number of rotatable bonds is 5. The molecule has 0 aliphatic carbocycles. The van der Waals surface area contributed by atoms with Crippen LogP contribution in [0.1, 0.15) is 32.8 Å². The van der Waals surface area contributed by atoms with E-state index < -0.39 is 5.60 Å². The molecule has 0 spiro atoms. The number of halogens is 1. The van der Waals surface area contributed by atoms with Crippen LogP contribution in [0.3, 0.4) is 0 Å². The lowest BCUT2D eigenvalue weighted by Crippen LogP contribution is -2.37. The van der Waals surface area contributed by atoms with E-state index in [2.05, 4.69) is 0 Å². The van der Waals surface area contributed by atoms with Gasteiger partial charge in [-0.15, -0.1) is 0 Å². The summed E-state index contributed by atoms with van der Waals surface area (Å²) in [5, 5.41) is 0. The third-order valence-electron chi connectivity index (χ3n) is 3.38. The Kier molecular flexibility index (Phi) is 6.34. The lowest BCUT2D eigenvalue weighted by atomic mass is 10.2. The maximum atomic E-state index is 12.9. The van der Waals surface area contributed by atoms with Crippen molar-refractivity contribution in [2.24, 2.45) is 0 Å². The molecule has 0 aliphatic rings. The van der Waals surface area contributed by atoms with Gasteiger partial charge < -0.3 is 4.74 Å². The molecular formula is C21H24FNO2. The average Bonchev–Trinajstić information content (AvgIpc) is 2.55. The standard InChI is InChI=1S/C21H24FNO2/c1-21(2,3)25-20(24)23(19-10-5-4-6-11-19)16-8-7-9-17-12-14-18(22)15-13-17/h4-7,9-15H,8,16H2,1-3H3/b9-7+. The predicted octanol–water partition coefficient (Wildman–Crippen LogP) is 5.67. The summed E-state index contributed by atoms with van der Waals surface area (Å²) >= 11 is 0. The Bertz CT molecular complexity index is 703. The highest BCUT2D eigenvalue weighted by Gasteiger charge is 2.22. The van der Waals surface area contributed by atoms with E-state index in [1.165, 1.54) is 12.1 Å². The molecule has 2 aromatic carbocycles. The van der Waals surface area contributed by atoms with Crippen LogP contribution in [0.5, 0.6) is 0 Å². The van der Waals surface area contributed by atoms with Crippen molar-refractivity contribution in [2.45, 2.75) is 32.8 Å². The van der Waals surface area contributed by atoms with Crippen LogP contribution in [0.4, 0.5) is 14.9 Å². The van der Waals surface area contributed by atoms with Gasteiger partial charge in [-0.05, 0) is 57.0 Å². The number of para-hydroxylation sites is 1. The van der Waals surface area contributed by atoms with Crippen molar-refractivity contribution >= 4 is 17.9 Å². The quantitative estimate of drug-likeness (QED) is 0.701. The Balaban J connectivity index is 2.03. The molecule has 0 bridgehead atoms. The van der Waals surface area contributed by atoms with Gasteiger partial charge in [-0.25, -0.2) is 9.18 Å². The summed E-state index contributed by atoms with van der Waals surface area (Å²) in [7, 11) is 0. The number of ether oxygens (including phenoxy) is 1. The van der Waals surface area contributed by atoms with Crippen molar-refractivity contribution in [3.05, 3.63) is 72.1 Å². The number of nitrogens with zero attached hydrogens (tertiary/aromatic N) is 1. The Morgan fingerprint density at radius 1 is 1.08 bits per heavy atom. The molecule has 2 aromatic rings. The summed E-state index contributed by atoms with van der Waals surface area (Å²) in [6, 6.07) is 15.7. The average molecular weight is 341 g/mol. The van der Waals surface area contributed by atoms with Gasteiger partial charge in [-0.1, -0.05) is 42.5 Å². The van der Waals surface area contributed by atoms with Gasteiger partial charge in [0.1, 0.15) is 11.4 Å². The second kappa shape index (κ2) is 8.47. The molecule has 4 heteroatoms. The van der Waals surface area contributed by atoms with E-state index in [-0.39, 0.29) is 11.9 Å². The lowest BCUT2D eigenvalue weighted by molar-refractivity contribution is 0.0581. The topological polar surface area (TPSA) is 29.5 Å². The van der Waals surface area contributed by atoms with Crippen LogP contribution >= 0.6 is 0 Å². The number of benzene rings is 2. The van der Waals surface area contributed by atoms with Crippen molar-refractivity contribution in [1.29, 1.82) is 0 Å². The van der Waals surface area contributed by atoms with Crippen LogP contribution in [0.15, 0.2) is 60.7 Å². The van der Waals surface area contributed by atoms with Crippen LogP contribution in [-0.2, 0) is 4.74 Å². The van der Waals surface area contributed by atoms with Gasteiger partial charge in [0.05, 0.1) is 0 Å². The van der Waals surface area contributed by atoms with Gasteiger partial charge >= 0.3 is 6.09 Å². The van der Waals surface area contributed by atoms with Crippen LogP contribution in [0.25, 0.3) is 6.08 Å². The first-order chi connectivity index (χ1) is 11.8. The monoisotopic (exact) mass is 341 g/mol. The molecule has 0 unspecified atom stereocenters. The number of carbonyl (C=O) groups excluding carboxylic acids is 1. The van der Waals surface area contributed by atoms with E-state index in [0.29, 0.717) is 13.0 Å². The van der Waals surface area contributed by atoms with Crippen LogP contribution in [-0.4, -0.2) is 18.2 Å². The lowest BCUT2D eigenvalue weighted by Gasteiger charge is -2.27. The Morgan fingerprint density at radius 2 is 1.72 bits per heavy atom. The fraction of sp³-hybridized carbons (Fsp3) is 0.286. The smallest absolute Gasteiger partial charge is 0.414 e. The maximum Gasteiger partial charge on any atom is 0.414 e. The first kappa shape index (κ1) is 18.7. The molecule has 0 saturated carbocycles. The van der Waals surface area contributed by atoms with Crippen molar-refractivity contribution < 1.29 is 13.9 Å². The van der Waals surface area contributed by atoms with Gasteiger partial charge in [0.25, 0.3) is 0 Å². The molecule has 25 heavy (non-hydrogen) atoms. The van der Waals surface area contributed by atoms with E-state index in [0.717, 1.165) is 11.3 Å². The molecule has 3 nitrogen and oxygen atoms in total. The fourth-order valence-electron chi connectivity index (χ4n) is 2.25. The van der Waals surface area contributed by atoms with Gasteiger partial charge in [0.2, 0.25) is 0 Å². The molecule has 132 valence electrons. The summed E-state index contributed by atoms with van der Waals surface area (Å²) < 4.78 is 18.4. The summed E-state index contributed by atoms with van der Waals surface area (Å²) in [5.41, 5.74) is 1.17. The molecule has 0 aromatic heterocycles. The molecule has 0 saturated heterocycles. The number of hydrogen-bond acceptors (Lipinski definition) is 2. The van der Waals surface area contributed by atoms with Crippen LogP contribution in [0, 0.1) is 5.82 Å². The number of anilines is 1. The molecular weight excluding hydrogens is 317 g/mol. The van der Waals surface area contributed by atoms with Gasteiger partial charge in [-0.3, -0.25) is 4.90 Å².